The largest absolute Gasteiger partial charge is 0.495 e. The summed E-state index contributed by atoms with van der Waals surface area (Å²) < 4.78 is 5.16. The van der Waals surface area contributed by atoms with Crippen molar-refractivity contribution in [3.63, 3.8) is 0 Å². The van der Waals surface area contributed by atoms with E-state index in [0.717, 1.165) is 0 Å². The predicted octanol–water partition coefficient (Wildman–Crippen LogP) is 2.82. The number of halogens is 1. The Labute approximate surface area is 135 Å². The Kier molecular flexibility index (Phi) is 3.68. The molecular formula is C15H12ClNO4S. The molecule has 0 spiro atoms. The Morgan fingerprint density at radius 1 is 1.45 bits per heavy atom. The Balaban J connectivity index is 2.05. The zero-order valence-corrected chi connectivity index (χ0v) is 13.1. The van der Waals surface area contributed by atoms with Crippen LogP contribution >= 0.6 is 22.9 Å². The summed E-state index contributed by atoms with van der Waals surface area (Å²) in [6.07, 6.45) is -0.380. The van der Waals surface area contributed by atoms with E-state index >= 15 is 0 Å². The van der Waals surface area contributed by atoms with E-state index in [2.05, 4.69) is 5.32 Å². The Hall–Kier alpha value is -1.89. The van der Waals surface area contributed by atoms with Gasteiger partial charge in [-0.1, -0.05) is 11.6 Å². The van der Waals surface area contributed by atoms with E-state index in [0.29, 0.717) is 17.0 Å². The van der Waals surface area contributed by atoms with Gasteiger partial charge in [-0.15, -0.1) is 0 Å². The first-order valence-corrected chi connectivity index (χ1v) is 7.75. The van der Waals surface area contributed by atoms with Crippen molar-refractivity contribution in [2.45, 2.75) is 12.0 Å². The molecule has 2 N–H and O–H groups in total. The van der Waals surface area contributed by atoms with Gasteiger partial charge in [0.2, 0.25) is 0 Å². The third-order valence-corrected chi connectivity index (χ3v) is 4.62. The number of thiophene rings is 1. The van der Waals surface area contributed by atoms with Gasteiger partial charge in [0, 0.05) is 21.5 Å². The standard InChI is InChI=1S/C15H12ClNO4S/c1-21-11-3-2-9(16)12-13(11)17-14(19)15(12,20)6-10(18)8-4-5-22-7-8/h2-5,7,20H,6H2,1H3,(H,17,19). The van der Waals surface area contributed by atoms with E-state index in [1.54, 1.807) is 22.9 Å². The van der Waals surface area contributed by atoms with Crippen molar-refractivity contribution in [3.05, 3.63) is 45.1 Å². The van der Waals surface area contributed by atoms with Crippen molar-refractivity contribution in [1.82, 2.24) is 0 Å². The number of nitrogens with one attached hydrogen (secondary N) is 1. The van der Waals surface area contributed by atoms with Crippen LogP contribution in [0.1, 0.15) is 22.3 Å². The molecule has 5 nitrogen and oxygen atoms in total. The first-order valence-electron chi connectivity index (χ1n) is 6.43. The lowest BCUT2D eigenvalue weighted by Crippen LogP contribution is -2.36. The fourth-order valence-corrected chi connectivity index (χ4v) is 3.49. The molecule has 2 heterocycles. The van der Waals surface area contributed by atoms with Crippen LogP contribution in [0.2, 0.25) is 5.02 Å². The molecular weight excluding hydrogens is 326 g/mol. The van der Waals surface area contributed by atoms with Gasteiger partial charge in [-0.2, -0.15) is 11.3 Å². The summed E-state index contributed by atoms with van der Waals surface area (Å²) in [7, 11) is 1.45. The van der Waals surface area contributed by atoms with Crippen molar-refractivity contribution in [2.75, 3.05) is 12.4 Å². The third kappa shape index (κ3) is 2.20. The van der Waals surface area contributed by atoms with Crippen LogP contribution in [0, 0.1) is 0 Å². The Morgan fingerprint density at radius 3 is 2.86 bits per heavy atom. The second-order valence-electron chi connectivity index (χ2n) is 4.93. The molecule has 1 unspecified atom stereocenters. The van der Waals surface area contributed by atoms with Gasteiger partial charge in [0.05, 0.1) is 19.2 Å². The maximum atomic E-state index is 12.3. The molecule has 1 aromatic carbocycles. The number of carbonyl (C=O) groups is 2. The minimum absolute atomic E-state index is 0.182. The number of methoxy groups -OCH3 is 1. The number of carbonyl (C=O) groups excluding carboxylic acids is 2. The number of anilines is 1. The van der Waals surface area contributed by atoms with E-state index in [-0.39, 0.29) is 22.8 Å². The van der Waals surface area contributed by atoms with Crippen LogP contribution in [0.3, 0.4) is 0 Å². The number of hydrogen-bond donors (Lipinski definition) is 2. The van der Waals surface area contributed by atoms with Crippen LogP contribution in [-0.2, 0) is 10.4 Å². The summed E-state index contributed by atoms with van der Waals surface area (Å²) in [6.45, 7) is 0. The lowest BCUT2D eigenvalue weighted by Gasteiger charge is -2.21. The molecule has 1 atom stereocenters. The van der Waals surface area contributed by atoms with Crippen LogP contribution in [0.4, 0.5) is 5.69 Å². The molecule has 0 aliphatic carbocycles. The summed E-state index contributed by atoms with van der Waals surface area (Å²) in [5.41, 5.74) is -1.05. The fraction of sp³-hybridized carbons (Fsp3) is 0.200. The third-order valence-electron chi connectivity index (χ3n) is 3.62. The molecule has 1 aliphatic rings. The molecule has 22 heavy (non-hydrogen) atoms. The Bertz CT molecular complexity index is 759. The number of amides is 1. The molecule has 0 bridgehead atoms. The van der Waals surface area contributed by atoms with Gasteiger partial charge in [0.25, 0.3) is 5.91 Å². The van der Waals surface area contributed by atoms with E-state index in [9.17, 15) is 14.7 Å². The summed E-state index contributed by atoms with van der Waals surface area (Å²) in [5.74, 6) is -0.630. The highest BCUT2D eigenvalue weighted by molar-refractivity contribution is 7.08. The zero-order valence-electron chi connectivity index (χ0n) is 11.6. The molecule has 1 amide bonds. The highest BCUT2D eigenvalue weighted by Crippen LogP contribution is 2.47. The average molecular weight is 338 g/mol. The number of fused-ring (bicyclic) bond motifs is 1. The van der Waals surface area contributed by atoms with E-state index in [1.165, 1.54) is 24.5 Å². The highest BCUT2D eigenvalue weighted by Gasteiger charge is 2.49. The van der Waals surface area contributed by atoms with E-state index in [1.807, 2.05) is 0 Å². The normalized spacial score (nSPS) is 19.7. The van der Waals surface area contributed by atoms with Crippen LogP contribution < -0.4 is 10.1 Å². The number of ether oxygens (including phenoxy) is 1. The molecule has 114 valence electrons. The first kappa shape index (κ1) is 15.0. The maximum Gasteiger partial charge on any atom is 0.261 e. The molecule has 2 aromatic rings. The summed E-state index contributed by atoms with van der Waals surface area (Å²) in [4.78, 5) is 24.5. The number of hydrogen-bond acceptors (Lipinski definition) is 5. The molecule has 1 aromatic heterocycles. The van der Waals surface area contributed by atoms with Gasteiger partial charge < -0.3 is 15.2 Å². The van der Waals surface area contributed by atoms with Gasteiger partial charge >= 0.3 is 0 Å². The number of benzene rings is 1. The molecule has 0 fully saturated rings. The topological polar surface area (TPSA) is 75.6 Å². The second-order valence-corrected chi connectivity index (χ2v) is 6.11. The van der Waals surface area contributed by atoms with Crippen LogP contribution in [0.15, 0.2) is 29.0 Å². The van der Waals surface area contributed by atoms with Crippen LogP contribution in [0.25, 0.3) is 0 Å². The SMILES string of the molecule is COc1ccc(Cl)c2c1NC(=O)C2(O)CC(=O)c1ccsc1. The molecule has 0 saturated heterocycles. The lowest BCUT2D eigenvalue weighted by molar-refractivity contribution is -0.133. The second kappa shape index (κ2) is 5.39. The first-order chi connectivity index (χ1) is 10.5. The molecule has 0 saturated carbocycles. The quantitative estimate of drug-likeness (QED) is 0.841. The van der Waals surface area contributed by atoms with Crippen molar-refractivity contribution in [3.8, 4) is 5.75 Å². The molecule has 7 heteroatoms. The van der Waals surface area contributed by atoms with Crippen molar-refractivity contribution >= 4 is 40.3 Å². The lowest BCUT2D eigenvalue weighted by atomic mass is 9.88. The molecule has 1 aliphatic heterocycles. The number of aliphatic hydroxyl groups is 1. The summed E-state index contributed by atoms with van der Waals surface area (Å²) >= 11 is 7.51. The number of rotatable bonds is 4. The van der Waals surface area contributed by atoms with Gasteiger partial charge in [0.1, 0.15) is 5.75 Å². The van der Waals surface area contributed by atoms with Gasteiger partial charge in [0.15, 0.2) is 11.4 Å². The minimum atomic E-state index is -2.00. The maximum absolute atomic E-state index is 12.3. The van der Waals surface area contributed by atoms with Crippen LogP contribution in [-0.4, -0.2) is 23.9 Å². The molecule has 0 radical (unpaired) electrons. The van der Waals surface area contributed by atoms with E-state index in [4.69, 9.17) is 16.3 Å². The minimum Gasteiger partial charge on any atom is -0.495 e. The summed E-state index contributed by atoms with van der Waals surface area (Å²) in [5, 5.41) is 17.0. The zero-order chi connectivity index (χ0) is 15.9. The number of Topliss-reactive ketones (excluding diaryl/α,β-unsaturated/α-hetero) is 1. The van der Waals surface area contributed by atoms with E-state index < -0.39 is 11.5 Å². The van der Waals surface area contributed by atoms with Gasteiger partial charge in [-0.3, -0.25) is 9.59 Å². The molecule has 3 rings (SSSR count). The monoisotopic (exact) mass is 337 g/mol. The fourth-order valence-electron chi connectivity index (χ4n) is 2.51. The Morgan fingerprint density at radius 2 is 2.23 bits per heavy atom. The van der Waals surface area contributed by atoms with Crippen molar-refractivity contribution < 1.29 is 19.4 Å². The highest BCUT2D eigenvalue weighted by atomic mass is 35.5. The van der Waals surface area contributed by atoms with Gasteiger partial charge in [-0.05, 0) is 23.6 Å². The summed E-state index contributed by atoms with van der Waals surface area (Å²) in [6, 6.07) is 4.77. The smallest absolute Gasteiger partial charge is 0.261 e. The van der Waals surface area contributed by atoms with Gasteiger partial charge in [-0.25, -0.2) is 0 Å². The predicted molar refractivity (Wildman–Crippen MR) is 83.8 cm³/mol. The van der Waals surface area contributed by atoms with Crippen molar-refractivity contribution in [2.24, 2.45) is 0 Å². The number of ketones is 1. The average Bonchev–Trinajstić information content (AvgIpc) is 3.08. The van der Waals surface area contributed by atoms with Crippen LogP contribution in [0.5, 0.6) is 5.75 Å². The van der Waals surface area contributed by atoms with Crippen molar-refractivity contribution in [1.29, 1.82) is 0 Å².